The molecule has 4 nitrogen and oxygen atoms in total. The predicted molar refractivity (Wildman–Crippen MR) is 83.9 cm³/mol. The summed E-state index contributed by atoms with van der Waals surface area (Å²) in [5.74, 6) is 0. The lowest BCUT2D eigenvalue weighted by Crippen LogP contribution is -2.26. The lowest BCUT2D eigenvalue weighted by atomic mass is 10.2. The van der Waals surface area contributed by atoms with Crippen LogP contribution in [0.25, 0.3) is 0 Å². The molecule has 0 atom stereocenters. The van der Waals surface area contributed by atoms with Gasteiger partial charge in [0.15, 0.2) is 0 Å². The largest absolute Gasteiger partial charge is 0.399 e. The zero-order valence-electron chi connectivity index (χ0n) is 10.7. The SMILES string of the molecule is Nc1ccc(S(=O)(=O)NCCc2cccc(Br)c2)cc1. The average Bonchev–Trinajstić information content (AvgIpc) is 2.39. The number of hydrogen-bond donors (Lipinski definition) is 2. The van der Waals surface area contributed by atoms with Gasteiger partial charge in [0, 0.05) is 16.7 Å². The average molecular weight is 355 g/mol. The number of nitrogens with one attached hydrogen (secondary N) is 1. The summed E-state index contributed by atoms with van der Waals surface area (Å²) in [4.78, 5) is 0.223. The number of anilines is 1. The van der Waals surface area contributed by atoms with E-state index in [1.807, 2.05) is 24.3 Å². The molecule has 0 saturated carbocycles. The van der Waals surface area contributed by atoms with E-state index in [1.165, 1.54) is 12.1 Å². The fraction of sp³-hybridized carbons (Fsp3) is 0.143. The van der Waals surface area contributed by atoms with Gasteiger partial charge in [0.2, 0.25) is 10.0 Å². The summed E-state index contributed by atoms with van der Waals surface area (Å²) in [6.45, 7) is 0.350. The highest BCUT2D eigenvalue weighted by Gasteiger charge is 2.12. The maximum Gasteiger partial charge on any atom is 0.240 e. The molecule has 20 heavy (non-hydrogen) atoms. The number of hydrogen-bond acceptors (Lipinski definition) is 3. The van der Waals surface area contributed by atoms with Crippen LogP contribution < -0.4 is 10.5 Å². The van der Waals surface area contributed by atoms with Crippen molar-refractivity contribution in [2.75, 3.05) is 12.3 Å². The Labute approximate surface area is 127 Å². The quantitative estimate of drug-likeness (QED) is 0.810. The third-order valence-corrected chi connectivity index (χ3v) is 4.76. The van der Waals surface area contributed by atoms with Crippen LogP contribution in [0.4, 0.5) is 5.69 Å². The van der Waals surface area contributed by atoms with E-state index >= 15 is 0 Å². The molecule has 0 heterocycles. The molecule has 0 unspecified atom stereocenters. The number of nitrogens with two attached hydrogens (primary N) is 1. The minimum absolute atomic E-state index is 0.223. The van der Waals surface area contributed by atoms with Gasteiger partial charge < -0.3 is 5.73 Å². The first-order valence-corrected chi connectivity index (χ1v) is 8.35. The molecule has 0 fully saturated rings. The molecule has 0 aliphatic carbocycles. The second-order valence-electron chi connectivity index (χ2n) is 4.35. The lowest BCUT2D eigenvalue weighted by molar-refractivity contribution is 0.581. The van der Waals surface area contributed by atoms with Crippen molar-refractivity contribution in [2.24, 2.45) is 0 Å². The van der Waals surface area contributed by atoms with Crippen molar-refractivity contribution in [1.82, 2.24) is 4.72 Å². The highest BCUT2D eigenvalue weighted by molar-refractivity contribution is 9.10. The maximum atomic E-state index is 12.0. The Balaban J connectivity index is 1.98. The second-order valence-corrected chi connectivity index (χ2v) is 7.03. The van der Waals surface area contributed by atoms with Crippen LogP contribution >= 0.6 is 15.9 Å². The van der Waals surface area contributed by atoms with Gasteiger partial charge in [-0.15, -0.1) is 0 Å². The molecule has 0 bridgehead atoms. The lowest BCUT2D eigenvalue weighted by Gasteiger charge is -2.07. The minimum Gasteiger partial charge on any atom is -0.399 e. The Hall–Kier alpha value is -1.37. The van der Waals surface area contributed by atoms with Crippen LogP contribution in [0.5, 0.6) is 0 Å². The predicted octanol–water partition coefficient (Wildman–Crippen LogP) is 2.55. The van der Waals surface area contributed by atoms with Gasteiger partial charge in [0.05, 0.1) is 4.90 Å². The van der Waals surface area contributed by atoms with Crippen molar-refractivity contribution >= 4 is 31.6 Å². The number of rotatable bonds is 5. The summed E-state index contributed by atoms with van der Waals surface area (Å²) in [6, 6.07) is 13.9. The van der Waals surface area contributed by atoms with Crippen LogP contribution in [0, 0.1) is 0 Å². The molecule has 106 valence electrons. The maximum absolute atomic E-state index is 12.0. The topological polar surface area (TPSA) is 72.2 Å². The zero-order chi connectivity index (χ0) is 14.6. The van der Waals surface area contributed by atoms with Crippen LogP contribution in [-0.4, -0.2) is 15.0 Å². The number of halogens is 1. The first-order valence-electron chi connectivity index (χ1n) is 6.07. The molecule has 0 radical (unpaired) electrons. The Bertz CT molecular complexity index is 685. The van der Waals surface area contributed by atoms with E-state index in [0.29, 0.717) is 18.7 Å². The van der Waals surface area contributed by atoms with Gasteiger partial charge in [-0.1, -0.05) is 28.1 Å². The fourth-order valence-corrected chi connectivity index (χ4v) is 3.23. The van der Waals surface area contributed by atoms with Crippen LogP contribution in [0.1, 0.15) is 5.56 Å². The molecular formula is C14H15BrN2O2S. The van der Waals surface area contributed by atoms with Crippen molar-refractivity contribution in [3.8, 4) is 0 Å². The van der Waals surface area contributed by atoms with Gasteiger partial charge in [0.1, 0.15) is 0 Å². The smallest absolute Gasteiger partial charge is 0.240 e. The van der Waals surface area contributed by atoms with E-state index < -0.39 is 10.0 Å². The molecule has 0 aliphatic heterocycles. The summed E-state index contributed by atoms with van der Waals surface area (Å²) in [5.41, 5.74) is 7.15. The zero-order valence-corrected chi connectivity index (χ0v) is 13.1. The summed E-state index contributed by atoms with van der Waals surface area (Å²) in [7, 11) is -3.47. The third kappa shape index (κ3) is 4.06. The summed E-state index contributed by atoms with van der Waals surface area (Å²) in [5, 5.41) is 0. The van der Waals surface area contributed by atoms with Crippen LogP contribution in [0.3, 0.4) is 0 Å². The van der Waals surface area contributed by atoms with Crippen molar-refractivity contribution in [2.45, 2.75) is 11.3 Å². The Morgan fingerprint density at radius 2 is 1.80 bits per heavy atom. The summed E-state index contributed by atoms with van der Waals surface area (Å²) >= 11 is 3.39. The Kier molecular flexibility index (Phi) is 4.80. The van der Waals surface area contributed by atoms with E-state index in [9.17, 15) is 8.42 Å². The molecule has 2 aromatic carbocycles. The Morgan fingerprint density at radius 1 is 1.10 bits per heavy atom. The van der Waals surface area contributed by atoms with Gasteiger partial charge in [-0.3, -0.25) is 0 Å². The van der Waals surface area contributed by atoms with E-state index in [4.69, 9.17) is 5.73 Å². The molecule has 0 saturated heterocycles. The standard InChI is InChI=1S/C14H15BrN2O2S/c15-12-3-1-2-11(10-12)8-9-17-20(18,19)14-6-4-13(16)5-7-14/h1-7,10,17H,8-9,16H2. The highest BCUT2D eigenvalue weighted by Crippen LogP contribution is 2.13. The monoisotopic (exact) mass is 354 g/mol. The van der Waals surface area contributed by atoms with E-state index in [1.54, 1.807) is 12.1 Å². The van der Waals surface area contributed by atoms with Gasteiger partial charge in [-0.2, -0.15) is 0 Å². The third-order valence-electron chi connectivity index (χ3n) is 2.79. The molecule has 6 heteroatoms. The first kappa shape index (κ1) is 15.0. The fourth-order valence-electron chi connectivity index (χ4n) is 1.75. The molecular weight excluding hydrogens is 340 g/mol. The number of sulfonamides is 1. The number of benzene rings is 2. The van der Waals surface area contributed by atoms with E-state index in [0.717, 1.165) is 10.0 Å². The molecule has 2 aromatic rings. The van der Waals surface area contributed by atoms with Gasteiger partial charge in [-0.05, 0) is 48.4 Å². The molecule has 0 aromatic heterocycles. The summed E-state index contributed by atoms with van der Waals surface area (Å²) in [6.07, 6.45) is 0.633. The molecule has 0 amide bonds. The Morgan fingerprint density at radius 3 is 2.45 bits per heavy atom. The van der Waals surface area contributed by atoms with Gasteiger partial charge in [-0.25, -0.2) is 13.1 Å². The number of nitrogen functional groups attached to an aromatic ring is 1. The van der Waals surface area contributed by atoms with Crippen LogP contribution in [0.15, 0.2) is 57.9 Å². The van der Waals surface area contributed by atoms with Crippen LogP contribution in [0.2, 0.25) is 0 Å². The van der Waals surface area contributed by atoms with Crippen molar-refractivity contribution in [3.05, 3.63) is 58.6 Å². The molecule has 2 rings (SSSR count). The van der Waals surface area contributed by atoms with Crippen molar-refractivity contribution < 1.29 is 8.42 Å². The van der Waals surface area contributed by atoms with Crippen molar-refractivity contribution in [1.29, 1.82) is 0 Å². The molecule has 0 aliphatic rings. The van der Waals surface area contributed by atoms with Crippen LogP contribution in [-0.2, 0) is 16.4 Å². The van der Waals surface area contributed by atoms with Gasteiger partial charge >= 0.3 is 0 Å². The van der Waals surface area contributed by atoms with Crippen molar-refractivity contribution in [3.63, 3.8) is 0 Å². The normalized spacial score (nSPS) is 11.4. The van der Waals surface area contributed by atoms with E-state index in [-0.39, 0.29) is 4.90 Å². The first-order chi connectivity index (χ1) is 9.47. The molecule has 0 spiro atoms. The molecule has 3 N–H and O–H groups in total. The summed E-state index contributed by atoms with van der Waals surface area (Å²) < 4.78 is 27.6. The minimum atomic E-state index is -3.47. The van der Waals surface area contributed by atoms with E-state index in [2.05, 4.69) is 20.7 Å². The van der Waals surface area contributed by atoms with Gasteiger partial charge in [0.25, 0.3) is 0 Å². The highest BCUT2D eigenvalue weighted by atomic mass is 79.9. The second kappa shape index (κ2) is 6.39.